The topological polar surface area (TPSA) is 72.8 Å². The van der Waals surface area contributed by atoms with Gasteiger partial charge in [-0.15, -0.1) is 6.42 Å². The lowest BCUT2D eigenvalue weighted by molar-refractivity contribution is -0.162. The summed E-state index contributed by atoms with van der Waals surface area (Å²) in [5, 5.41) is 8.80. The first-order valence-electron chi connectivity index (χ1n) is 2.99. The van der Waals surface area contributed by atoms with Crippen LogP contribution in [0.1, 0.15) is 0 Å². The molecule has 5 nitrogen and oxygen atoms in total. The molecule has 0 saturated carbocycles. The van der Waals surface area contributed by atoms with Crippen LogP contribution in [-0.4, -0.2) is 37.8 Å². The van der Waals surface area contributed by atoms with E-state index >= 15 is 0 Å². The van der Waals surface area contributed by atoms with Crippen LogP contribution in [0.25, 0.3) is 0 Å². The van der Waals surface area contributed by atoms with Crippen molar-refractivity contribution in [2.24, 2.45) is 0 Å². The molecule has 0 amide bonds. The van der Waals surface area contributed by atoms with E-state index in [1.807, 2.05) is 5.92 Å². The normalized spacial score (nSPS) is 11.0. The van der Waals surface area contributed by atoms with Crippen molar-refractivity contribution < 1.29 is 24.1 Å². The third kappa shape index (κ3) is 3.08. The summed E-state index contributed by atoms with van der Waals surface area (Å²) in [4.78, 5) is 21.1. The van der Waals surface area contributed by atoms with Gasteiger partial charge < -0.3 is 14.5 Å². The Morgan fingerprint density at radius 3 is 2.58 bits per heavy atom. The number of aliphatic hydroxyl groups excluding tert-OH is 1. The molecule has 0 saturated heterocycles. The van der Waals surface area contributed by atoms with Crippen LogP contribution in [0.15, 0.2) is 0 Å². The molecule has 6 heteroatoms. The van der Waals surface area contributed by atoms with Gasteiger partial charge in [-0.05, 0) is 0 Å². The molecule has 0 aliphatic carbocycles. The van der Waals surface area contributed by atoms with E-state index < -0.39 is 18.0 Å². The standard InChI is InChI=1S/C6H7BO5/c1-2-3-11-5(9)4(8)6(10)12-7/h1,4,8H,3,7H2. The summed E-state index contributed by atoms with van der Waals surface area (Å²) in [7, 11) is 1.04. The fraction of sp³-hybridized carbons (Fsp3) is 0.333. The van der Waals surface area contributed by atoms with E-state index in [0.717, 1.165) is 8.05 Å². The first-order valence-corrected chi connectivity index (χ1v) is 2.99. The summed E-state index contributed by atoms with van der Waals surface area (Å²) in [6.45, 7) is -0.285. The van der Waals surface area contributed by atoms with Gasteiger partial charge in [0.05, 0.1) is 0 Å². The van der Waals surface area contributed by atoms with Gasteiger partial charge in [-0.25, -0.2) is 4.79 Å². The maximum Gasteiger partial charge on any atom is 0.347 e. The molecule has 64 valence electrons. The Kier molecular flexibility index (Phi) is 4.57. The van der Waals surface area contributed by atoms with Gasteiger partial charge in [0.15, 0.2) is 6.61 Å². The lowest BCUT2D eigenvalue weighted by Gasteiger charge is -2.06. The number of aliphatic hydroxyl groups is 1. The lowest BCUT2D eigenvalue weighted by Crippen LogP contribution is -2.32. The first kappa shape index (κ1) is 10.5. The zero-order valence-electron chi connectivity index (χ0n) is 6.44. The largest absolute Gasteiger partial charge is 0.541 e. The van der Waals surface area contributed by atoms with E-state index in [1.165, 1.54) is 0 Å². The number of hydrogen-bond acceptors (Lipinski definition) is 5. The Balaban J connectivity index is 3.94. The Bertz CT molecular complexity index is 218. The SMILES string of the molecule is BOC(=O)C(O)C(=O)OCC#C. The van der Waals surface area contributed by atoms with E-state index in [1.54, 1.807) is 0 Å². The molecule has 12 heavy (non-hydrogen) atoms. The molecule has 1 unspecified atom stereocenters. The lowest BCUT2D eigenvalue weighted by atomic mass is 10.3. The summed E-state index contributed by atoms with van der Waals surface area (Å²) >= 11 is 0. The number of terminal acetylenes is 1. The molecule has 0 aromatic rings. The van der Waals surface area contributed by atoms with E-state index in [0.29, 0.717) is 0 Å². The maximum absolute atomic E-state index is 10.6. The quantitative estimate of drug-likeness (QED) is 0.221. The minimum absolute atomic E-state index is 0.285. The van der Waals surface area contributed by atoms with Crippen LogP contribution >= 0.6 is 0 Å². The van der Waals surface area contributed by atoms with Crippen LogP contribution in [0, 0.1) is 12.3 Å². The van der Waals surface area contributed by atoms with Crippen LogP contribution < -0.4 is 0 Å². The van der Waals surface area contributed by atoms with Crippen molar-refractivity contribution in [2.75, 3.05) is 6.61 Å². The van der Waals surface area contributed by atoms with Gasteiger partial charge in [-0.1, -0.05) is 5.92 Å². The van der Waals surface area contributed by atoms with Crippen molar-refractivity contribution in [3.63, 3.8) is 0 Å². The molecule has 0 aromatic carbocycles. The molecule has 1 N–H and O–H groups in total. The van der Waals surface area contributed by atoms with Gasteiger partial charge >= 0.3 is 20.0 Å². The molecule has 0 aromatic heterocycles. The highest BCUT2D eigenvalue weighted by atomic mass is 16.6. The van der Waals surface area contributed by atoms with Crippen molar-refractivity contribution >= 4 is 20.0 Å². The third-order valence-electron chi connectivity index (χ3n) is 0.945. The Hall–Kier alpha value is -1.48. The zero-order valence-corrected chi connectivity index (χ0v) is 6.44. The Morgan fingerprint density at radius 2 is 2.17 bits per heavy atom. The minimum Gasteiger partial charge on any atom is -0.541 e. The number of hydrogen-bond donors (Lipinski definition) is 1. The molecule has 1 atom stereocenters. The number of carbonyl (C=O) groups excluding carboxylic acids is 2. The Morgan fingerprint density at radius 1 is 1.58 bits per heavy atom. The molecule has 0 bridgehead atoms. The van der Waals surface area contributed by atoms with Crippen molar-refractivity contribution in [2.45, 2.75) is 6.10 Å². The zero-order chi connectivity index (χ0) is 9.56. The van der Waals surface area contributed by atoms with E-state index in [-0.39, 0.29) is 6.61 Å². The Labute approximate surface area is 70.1 Å². The highest BCUT2D eigenvalue weighted by molar-refractivity contribution is 6.10. The van der Waals surface area contributed by atoms with Gasteiger partial charge in [0.2, 0.25) is 6.10 Å². The monoisotopic (exact) mass is 170 g/mol. The van der Waals surface area contributed by atoms with Gasteiger partial charge in [0, 0.05) is 0 Å². The van der Waals surface area contributed by atoms with Crippen molar-refractivity contribution in [3.8, 4) is 12.3 Å². The van der Waals surface area contributed by atoms with Crippen LogP contribution in [0.4, 0.5) is 0 Å². The van der Waals surface area contributed by atoms with E-state index in [4.69, 9.17) is 11.5 Å². The summed E-state index contributed by atoms with van der Waals surface area (Å²) in [5.74, 6) is -0.179. The molecule has 0 fully saturated rings. The highest BCUT2D eigenvalue weighted by Gasteiger charge is 2.25. The van der Waals surface area contributed by atoms with Crippen molar-refractivity contribution in [3.05, 3.63) is 0 Å². The van der Waals surface area contributed by atoms with Crippen LogP contribution in [0.3, 0.4) is 0 Å². The predicted octanol–water partition coefficient (Wildman–Crippen LogP) is -2.38. The summed E-state index contributed by atoms with van der Waals surface area (Å²) in [6, 6.07) is 0. The maximum atomic E-state index is 10.6. The van der Waals surface area contributed by atoms with Crippen LogP contribution in [-0.2, 0) is 19.0 Å². The summed E-state index contributed by atoms with van der Waals surface area (Å²) in [6.07, 6.45) is 2.85. The number of ether oxygens (including phenoxy) is 1. The molecule has 0 spiro atoms. The third-order valence-corrected chi connectivity index (χ3v) is 0.945. The molecular formula is C6H7BO5. The highest BCUT2D eigenvalue weighted by Crippen LogP contribution is 1.90. The van der Waals surface area contributed by atoms with Gasteiger partial charge in [0.1, 0.15) is 0 Å². The predicted molar refractivity (Wildman–Crippen MR) is 40.4 cm³/mol. The van der Waals surface area contributed by atoms with Gasteiger partial charge in [-0.3, -0.25) is 4.79 Å². The van der Waals surface area contributed by atoms with E-state index in [2.05, 4.69) is 9.39 Å². The second kappa shape index (κ2) is 5.21. The van der Waals surface area contributed by atoms with Gasteiger partial charge in [0.25, 0.3) is 0 Å². The summed E-state index contributed by atoms with van der Waals surface area (Å²) < 4.78 is 8.32. The molecule has 0 radical (unpaired) electrons. The number of carbonyl (C=O) groups is 2. The van der Waals surface area contributed by atoms with Crippen molar-refractivity contribution in [1.29, 1.82) is 0 Å². The first-order chi connectivity index (χ1) is 5.63. The minimum atomic E-state index is -1.91. The van der Waals surface area contributed by atoms with Crippen LogP contribution in [0.2, 0.25) is 0 Å². The fourth-order valence-corrected chi connectivity index (χ4v) is 0.400. The molecular weight excluding hydrogens is 163 g/mol. The number of rotatable bonds is 3. The molecule has 0 aliphatic heterocycles. The molecule has 0 rings (SSSR count). The smallest absolute Gasteiger partial charge is 0.347 e. The second-order valence-electron chi connectivity index (χ2n) is 1.74. The van der Waals surface area contributed by atoms with E-state index in [9.17, 15) is 9.59 Å². The molecule has 0 heterocycles. The number of esters is 1. The second-order valence-corrected chi connectivity index (χ2v) is 1.74. The summed E-state index contributed by atoms with van der Waals surface area (Å²) in [5.41, 5.74) is 0. The average Bonchev–Trinajstić information content (AvgIpc) is 2.11. The molecule has 0 aliphatic rings. The van der Waals surface area contributed by atoms with Crippen LogP contribution in [0.5, 0.6) is 0 Å². The van der Waals surface area contributed by atoms with Crippen molar-refractivity contribution in [1.82, 2.24) is 0 Å². The fourth-order valence-electron chi connectivity index (χ4n) is 0.400. The average molecular weight is 170 g/mol. The van der Waals surface area contributed by atoms with Gasteiger partial charge in [-0.2, -0.15) is 0 Å².